The number of rotatable bonds is 7. The van der Waals surface area contributed by atoms with Gasteiger partial charge in [-0.3, -0.25) is 9.58 Å². The molecule has 3 aromatic rings. The number of aryl methyl sites for hydroxylation is 1. The first-order chi connectivity index (χ1) is 15.5. The van der Waals surface area contributed by atoms with Gasteiger partial charge < -0.3 is 9.64 Å². The van der Waals surface area contributed by atoms with Crippen LogP contribution in [0.3, 0.4) is 0 Å². The summed E-state index contributed by atoms with van der Waals surface area (Å²) in [5.74, 6) is 2.04. The minimum atomic E-state index is 0.421. The second kappa shape index (κ2) is 9.69. The van der Waals surface area contributed by atoms with Gasteiger partial charge in [0, 0.05) is 56.1 Å². The number of nitrogens with zero attached hydrogens (tertiary/aromatic N) is 6. The van der Waals surface area contributed by atoms with E-state index in [2.05, 4.69) is 45.6 Å². The molecule has 0 spiro atoms. The molecule has 0 N–H and O–H groups in total. The third-order valence-electron chi connectivity index (χ3n) is 6.48. The summed E-state index contributed by atoms with van der Waals surface area (Å²) >= 11 is 0. The molecule has 2 aromatic heterocycles. The van der Waals surface area contributed by atoms with E-state index in [1.807, 2.05) is 43.5 Å². The SMILES string of the molecule is CCn1ncc(CN2CCC(c3nc(N(C)C)ncc3-c3ccc(OC)cc3)CC2)c1C. The van der Waals surface area contributed by atoms with Crippen molar-refractivity contribution in [2.75, 3.05) is 39.2 Å². The van der Waals surface area contributed by atoms with Crippen LogP contribution in [-0.2, 0) is 13.1 Å². The summed E-state index contributed by atoms with van der Waals surface area (Å²) in [6.07, 6.45) is 6.19. The maximum Gasteiger partial charge on any atom is 0.225 e. The van der Waals surface area contributed by atoms with Gasteiger partial charge in [-0.05, 0) is 57.5 Å². The number of aromatic nitrogens is 4. The van der Waals surface area contributed by atoms with Gasteiger partial charge in [0.1, 0.15) is 5.75 Å². The highest BCUT2D eigenvalue weighted by Crippen LogP contribution is 2.35. The molecule has 4 rings (SSSR count). The fourth-order valence-corrected chi connectivity index (χ4v) is 4.47. The molecule has 170 valence electrons. The third-order valence-corrected chi connectivity index (χ3v) is 6.48. The summed E-state index contributed by atoms with van der Waals surface area (Å²) in [6, 6.07) is 8.19. The standard InChI is InChI=1S/C25H34N6O/c1-6-31-18(2)21(15-27-31)17-30-13-11-20(12-14-30)24-23(16-26-25(28-24)29(3)4)19-7-9-22(32-5)10-8-19/h7-10,15-16,20H,6,11-14,17H2,1-5H3. The number of benzene rings is 1. The van der Waals surface area contributed by atoms with E-state index in [0.717, 1.165) is 67.5 Å². The van der Waals surface area contributed by atoms with Crippen LogP contribution in [0.25, 0.3) is 11.1 Å². The lowest BCUT2D eigenvalue weighted by atomic mass is 9.88. The monoisotopic (exact) mass is 434 g/mol. The molecule has 7 heteroatoms. The predicted octanol–water partition coefficient (Wildman–Crippen LogP) is 4.12. The van der Waals surface area contributed by atoms with E-state index in [1.54, 1.807) is 7.11 Å². The van der Waals surface area contributed by atoms with Gasteiger partial charge in [0.25, 0.3) is 0 Å². The Kier molecular flexibility index (Phi) is 6.74. The van der Waals surface area contributed by atoms with Crippen molar-refractivity contribution in [3.8, 4) is 16.9 Å². The molecular weight excluding hydrogens is 400 g/mol. The molecule has 1 aliphatic heterocycles. The summed E-state index contributed by atoms with van der Waals surface area (Å²) in [4.78, 5) is 14.1. The van der Waals surface area contributed by atoms with Gasteiger partial charge in [-0.2, -0.15) is 5.10 Å². The molecule has 32 heavy (non-hydrogen) atoms. The largest absolute Gasteiger partial charge is 0.497 e. The summed E-state index contributed by atoms with van der Waals surface area (Å²) < 4.78 is 7.41. The zero-order valence-corrected chi connectivity index (χ0v) is 19.9. The van der Waals surface area contributed by atoms with Crippen molar-refractivity contribution in [3.63, 3.8) is 0 Å². The zero-order valence-electron chi connectivity index (χ0n) is 19.9. The summed E-state index contributed by atoms with van der Waals surface area (Å²) in [5, 5.41) is 4.51. The van der Waals surface area contributed by atoms with Crippen molar-refractivity contribution < 1.29 is 4.74 Å². The van der Waals surface area contributed by atoms with Crippen LogP contribution in [-0.4, -0.2) is 58.9 Å². The van der Waals surface area contributed by atoms with Gasteiger partial charge in [-0.15, -0.1) is 0 Å². The number of methoxy groups -OCH3 is 1. The Morgan fingerprint density at radius 2 is 1.81 bits per heavy atom. The van der Waals surface area contributed by atoms with Gasteiger partial charge in [-0.25, -0.2) is 9.97 Å². The zero-order chi connectivity index (χ0) is 22.7. The predicted molar refractivity (Wildman–Crippen MR) is 128 cm³/mol. The van der Waals surface area contributed by atoms with Crippen LogP contribution >= 0.6 is 0 Å². The van der Waals surface area contributed by atoms with Crippen LogP contribution in [0.1, 0.15) is 42.6 Å². The first-order valence-corrected chi connectivity index (χ1v) is 11.4. The first-order valence-electron chi connectivity index (χ1n) is 11.4. The summed E-state index contributed by atoms with van der Waals surface area (Å²) in [7, 11) is 5.68. The highest BCUT2D eigenvalue weighted by Gasteiger charge is 2.26. The first kappa shape index (κ1) is 22.3. The van der Waals surface area contributed by atoms with E-state index >= 15 is 0 Å². The molecule has 3 heterocycles. The van der Waals surface area contributed by atoms with Crippen LogP contribution in [0.15, 0.2) is 36.7 Å². The highest BCUT2D eigenvalue weighted by atomic mass is 16.5. The lowest BCUT2D eigenvalue weighted by Gasteiger charge is -2.32. The number of hydrogen-bond acceptors (Lipinski definition) is 6. The molecule has 0 aliphatic carbocycles. The van der Waals surface area contributed by atoms with Crippen molar-refractivity contribution in [1.29, 1.82) is 0 Å². The van der Waals surface area contributed by atoms with Crippen LogP contribution in [0.5, 0.6) is 5.75 Å². The molecule has 1 aliphatic rings. The summed E-state index contributed by atoms with van der Waals surface area (Å²) in [6.45, 7) is 8.32. The van der Waals surface area contributed by atoms with Crippen molar-refractivity contribution in [2.45, 2.75) is 45.7 Å². The lowest BCUT2D eigenvalue weighted by molar-refractivity contribution is 0.203. The average molecular weight is 435 g/mol. The Labute approximate surface area is 191 Å². The van der Waals surface area contributed by atoms with Gasteiger partial charge in [0.05, 0.1) is 19.0 Å². The molecule has 1 saturated heterocycles. The second-order valence-electron chi connectivity index (χ2n) is 8.71. The molecule has 0 radical (unpaired) electrons. The number of piperidine rings is 1. The van der Waals surface area contributed by atoms with E-state index < -0.39 is 0 Å². The Morgan fingerprint density at radius 1 is 1.09 bits per heavy atom. The van der Waals surface area contributed by atoms with Crippen molar-refractivity contribution >= 4 is 5.95 Å². The normalized spacial score (nSPS) is 15.2. The number of hydrogen-bond donors (Lipinski definition) is 0. The summed E-state index contributed by atoms with van der Waals surface area (Å²) in [5.41, 5.74) is 6.03. The Morgan fingerprint density at radius 3 is 2.41 bits per heavy atom. The Bertz CT molecular complexity index is 1040. The van der Waals surface area contributed by atoms with Crippen LogP contribution in [0.4, 0.5) is 5.95 Å². The van der Waals surface area contributed by atoms with Gasteiger partial charge in [0.2, 0.25) is 5.95 Å². The Balaban J connectivity index is 1.53. The van der Waals surface area contributed by atoms with Crippen molar-refractivity contribution in [3.05, 3.63) is 53.6 Å². The van der Waals surface area contributed by atoms with Gasteiger partial charge in [0.15, 0.2) is 0 Å². The fraction of sp³-hybridized carbons (Fsp3) is 0.480. The van der Waals surface area contributed by atoms with E-state index in [9.17, 15) is 0 Å². The third kappa shape index (κ3) is 4.63. The van der Waals surface area contributed by atoms with E-state index in [-0.39, 0.29) is 0 Å². The maximum atomic E-state index is 5.33. The van der Waals surface area contributed by atoms with Crippen LogP contribution < -0.4 is 9.64 Å². The van der Waals surface area contributed by atoms with E-state index in [1.165, 1.54) is 11.3 Å². The Hall–Kier alpha value is -2.93. The van der Waals surface area contributed by atoms with Gasteiger partial charge in [-0.1, -0.05) is 12.1 Å². The minimum absolute atomic E-state index is 0.421. The molecule has 0 bridgehead atoms. The second-order valence-corrected chi connectivity index (χ2v) is 8.71. The van der Waals surface area contributed by atoms with E-state index in [0.29, 0.717) is 5.92 Å². The fourth-order valence-electron chi connectivity index (χ4n) is 4.47. The molecule has 0 saturated carbocycles. The molecule has 1 aromatic carbocycles. The van der Waals surface area contributed by atoms with Gasteiger partial charge >= 0.3 is 0 Å². The average Bonchev–Trinajstić information content (AvgIpc) is 3.18. The van der Waals surface area contributed by atoms with Crippen LogP contribution in [0, 0.1) is 6.92 Å². The quantitative estimate of drug-likeness (QED) is 0.557. The maximum absolute atomic E-state index is 5.33. The van der Waals surface area contributed by atoms with Crippen LogP contribution in [0.2, 0.25) is 0 Å². The number of likely N-dealkylation sites (tertiary alicyclic amines) is 1. The van der Waals surface area contributed by atoms with E-state index in [4.69, 9.17) is 9.72 Å². The lowest BCUT2D eigenvalue weighted by Crippen LogP contribution is -2.33. The molecule has 0 atom stereocenters. The number of ether oxygens (including phenoxy) is 1. The molecule has 1 fully saturated rings. The molecular formula is C25H34N6O. The smallest absolute Gasteiger partial charge is 0.225 e. The molecule has 0 amide bonds. The molecule has 0 unspecified atom stereocenters. The van der Waals surface area contributed by atoms with Crippen molar-refractivity contribution in [2.24, 2.45) is 0 Å². The van der Waals surface area contributed by atoms with Crippen molar-refractivity contribution in [1.82, 2.24) is 24.6 Å². The topological polar surface area (TPSA) is 59.3 Å². The molecule has 7 nitrogen and oxygen atoms in total. The number of anilines is 1. The minimum Gasteiger partial charge on any atom is -0.497 e. The highest BCUT2D eigenvalue weighted by molar-refractivity contribution is 5.67.